The molecule has 1 unspecified atom stereocenters. The van der Waals surface area contributed by atoms with Gasteiger partial charge in [-0.3, -0.25) is 0 Å². The Kier molecular flexibility index (Phi) is 4.79. The van der Waals surface area contributed by atoms with Crippen LogP contribution in [0, 0.1) is 11.8 Å². The Labute approximate surface area is 83.3 Å². The Balaban J connectivity index is 2.21. The molecule has 78 valence electrons. The molecule has 0 bridgehead atoms. The van der Waals surface area contributed by atoms with Crippen molar-refractivity contribution in [2.24, 2.45) is 11.8 Å². The van der Waals surface area contributed by atoms with Gasteiger partial charge < -0.3 is 5.32 Å². The largest absolute Gasteiger partial charge is 0.314 e. The molecule has 0 radical (unpaired) electrons. The first-order valence-electron chi connectivity index (χ1n) is 6.01. The van der Waals surface area contributed by atoms with E-state index in [0.717, 1.165) is 17.9 Å². The van der Waals surface area contributed by atoms with E-state index in [2.05, 4.69) is 26.1 Å². The molecule has 0 amide bonds. The van der Waals surface area contributed by atoms with Gasteiger partial charge in [-0.1, -0.05) is 27.2 Å². The predicted octanol–water partition coefficient (Wildman–Crippen LogP) is 3.20. The van der Waals surface area contributed by atoms with Crippen LogP contribution in [-0.4, -0.2) is 12.6 Å². The second-order valence-electron chi connectivity index (χ2n) is 4.69. The van der Waals surface area contributed by atoms with E-state index in [9.17, 15) is 0 Å². The van der Waals surface area contributed by atoms with Crippen molar-refractivity contribution in [1.82, 2.24) is 5.32 Å². The smallest absolute Gasteiger partial charge is 0.00954 e. The van der Waals surface area contributed by atoms with Crippen molar-refractivity contribution >= 4 is 0 Å². The fourth-order valence-electron chi connectivity index (χ4n) is 2.44. The summed E-state index contributed by atoms with van der Waals surface area (Å²) in [5, 5.41) is 3.69. The Bertz CT molecular complexity index is 127. The van der Waals surface area contributed by atoms with Crippen LogP contribution in [-0.2, 0) is 0 Å². The third kappa shape index (κ3) is 3.30. The van der Waals surface area contributed by atoms with Gasteiger partial charge in [0.1, 0.15) is 0 Å². The number of rotatable bonds is 6. The molecule has 0 saturated heterocycles. The fraction of sp³-hybridized carbons (Fsp3) is 1.00. The summed E-state index contributed by atoms with van der Waals surface area (Å²) in [5.74, 6) is 1.98. The van der Waals surface area contributed by atoms with Crippen LogP contribution >= 0.6 is 0 Å². The summed E-state index contributed by atoms with van der Waals surface area (Å²) in [5.41, 5.74) is 0. The minimum absolute atomic E-state index is 0.821. The van der Waals surface area contributed by atoms with Crippen LogP contribution in [0.2, 0.25) is 0 Å². The molecule has 1 atom stereocenters. The van der Waals surface area contributed by atoms with Crippen molar-refractivity contribution in [3.8, 4) is 0 Å². The zero-order valence-corrected chi connectivity index (χ0v) is 9.47. The van der Waals surface area contributed by atoms with Crippen LogP contribution in [0.4, 0.5) is 0 Å². The summed E-state index contributed by atoms with van der Waals surface area (Å²) < 4.78 is 0. The van der Waals surface area contributed by atoms with E-state index in [1.807, 2.05) is 0 Å². The van der Waals surface area contributed by atoms with Crippen LogP contribution in [0.1, 0.15) is 52.9 Å². The minimum atomic E-state index is 0.821. The molecule has 1 heteroatoms. The van der Waals surface area contributed by atoms with Gasteiger partial charge in [-0.05, 0) is 44.1 Å². The maximum Gasteiger partial charge on any atom is 0.00954 e. The highest BCUT2D eigenvalue weighted by Crippen LogP contribution is 2.36. The normalized spacial score (nSPS) is 29.8. The van der Waals surface area contributed by atoms with Crippen molar-refractivity contribution in [3.05, 3.63) is 0 Å². The summed E-state index contributed by atoms with van der Waals surface area (Å²) in [6.07, 6.45) is 6.88. The van der Waals surface area contributed by atoms with Crippen molar-refractivity contribution in [2.75, 3.05) is 6.54 Å². The van der Waals surface area contributed by atoms with Gasteiger partial charge in [0.2, 0.25) is 0 Å². The number of nitrogens with one attached hydrogen (secondary N) is 1. The molecule has 0 aromatic heterocycles. The Morgan fingerprint density at radius 2 is 1.92 bits per heavy atom. The van der Waals surface area contributed by atoms with Gasteiger partial charge in [-0.15, -0.1) is 0 Å². The summed E-state index contributed by atoms with van der Waals surface area (Å²) in [6.45, 7) is 8.12. The molecule has 1 saturated carbocycles. The van der Waals surface area contributed by atoms with E-state index >= 15 is 0 Å². The number of hydrogen-bond acceptors (Lipinski definition) is 1. The summed E-state index contributed by atoms with van der Waals surface area (Å²) in [6, 6.07) is 0.821. The van der Waals surface area contributed by atoms with Crippen LogP contribution < -0.4 is 5.32 Å². The summed E-state index contributed by atoms with van der Waals surface area (Å²) in [7, 11) is 0. The fourth-order valence-corrected chi connectivity index (χ4v) is 2.44. The van der Waals surface area contributed by atoms with Crippen LogP contribution in [0.5, 0.6) is 0 Å². The van der Waals surface area contributed by atoms with Crippen molar-refractivity contribution in [3.63, 3.8) is 0 Å². The van der Waals surface area contributed by atoms with Gasteiger partial charge in [-0.25, -0.2) is 0 Å². The molecule has 1 aliphatic carbocycles. The first-order chi connectivity index (χ1) is 6.27. The molecule has 1 fully saturated rings. The van der Waals surface area contributed by atoms with E-state index in [-0.39, 0.29) is 0 Å². The van der Waals surface area contributed by atoms with E-state index in [1.165, 1.54) is 38.6 Å². The molecular formula is C12H25N. The molecular weight excluding hydrogens is 158 g/mol. The van der Waals surface area contributed by atoms with Crippen LogP contribution in [0.15, 0.2) is 0 Å². The zero-order valence-electron chi connectivity index (χ0n) is 9.47. The van der Waals surface area contributed by atoms with Crippen LogP contribution in [0.3, 0.4) is 0 Å². The third-order valence-electron chi connectivity index (χ3n) is 3.24. The molecule has 0 aromatic carbocycles. The molecule has 1 N–H and O–H groups in total. The Morgan fingerprint density at radius 1 is 1.23 bits per heavy atom. The zero-order chi connectivity index (χ0) is 9.68. The van der Waals surface area contributed by atoms with Crippen molar-refractivity contribution in [1.29, 1.82) is 0 Å². The van der Waals surface area contributed by atoms with Crippen molar-refractivity contribution < 1.29 is 0 Å². The molecule has 1 rings (SSSR count). The number of hydrogen-bond donors (Lipinski definition) is 1. The predicted molar refractivity (Wildman–Crippen MR) is 58.9 cm³/mol. The lowest BCUT2D eigenvalue weighted by molar-refractivity contribution is 0.150. The minimum Gasteiger partial charge on any atom is -0.314 e. The van der Waals surface area contributed by atoms with Gasteiger partial charge in [0.05, 0.1) is 0 Å². The standard InChI is InChI=1S/C12H25N/c1-4-6-12(13-7-5-2)11-8-10(3)9-11/h10-13H,4-9H2,1-3H3. The van der Waals surface area contributed by atoms with Crippen LogP contribution in [0.25, 0.3) is 0 Å². The highest BCUT2D eigenvalue weighted by molar-refractivity contribution is 4.86. The highest BCUT2D eigenvalue weighted by Gasteiger charge is 2.31. The average molecular weight is 183 g/mol. The average Bonchev–Trinajstić information content (AvgIpc) is 2.07. The maximum absolute atomic E-state index is 3.69. The molecule has 0 heterocycles. The van der Waals surface area contributed by atoms with Gasteiger partial charge >= 0.3 is 0 Å². The lowest BCUT2D eigenvalue weighted by Crippen LogP contribution is -2.42. The lowest BCUT2D eigenvalue weighted by atomic mass is 9.71. The monoisotopic (exact) mass is 183 g/mol. The van der Waals surface area contributed by atoms with Gasteiger partial charge in [0, 0.05) is 6.04 Å². The van der Waals surface area contributed by atoms with E-state index in [0.29, 0.717) is 0 Å². The summed E-state index contributed by atoms with van der Waals surface area (Å²) in [4.78, 5) is 0. The molecule has 1 nitrogen and oxygen atoms in total. The molecule has 13 heavy (non-hydrogen) atoms. The second kappa shape index (κ2) is 5.64. The third-order valence-corrected chi connectivity index (χ3v) is 3.24. The van der Waals surface area contributed by atoms with Gasteiger partial charge in [0.15, 0.2) is 0 Å². The highest BCUT2D eigenvalue weighted by atomic mass is 14.9. The Morgan fingerprint density at radius 3 is 2.38 bits per heavy atom. The van der Waals surface area contributed by atoms with E-state index in [1.54, 1.807) is 0 Å². The lowest BCUT2D eigenvalue weighted by Gasteiger charge is -2.39. The van der Waals surface area contributed by atoms with Gasteiger partial charge in [0.25, 0.3) is 0 Å². The second-order valence-corrected chi connectivity index (χ2v) is 4.69. The molecule has 1 aliphatic rings. The van der Waals surface area contributed by atoms with E-state index < -0.39 is 0 Å². The van der Waals surface area contributed by atoms with E-state index in [4.69, 9.17) is 0 Å². The topological polar surface area (TPSA) is 12.0 Å². The first kappa shape index (κ1) is 11.0. The molecule has 0 spiro atoms. The molecule has 0 aromatic rings. The quantitative estimate of drug-likeness (QED) is 0.667. The molecule has 0 aliphatic heterocycles. The first-order valence-corrected chi connectivity index (χ1v) is 6.01. The van der Waals surface area contributed by atoms with Gasteiger partial charge in [-0.2, -0.15) is 0 Å². The SMILES string of the molecule is CCCNC(CCC)C1CC(C)C1. The maximum atomic E-state index is 3.69. The summed E-state index contributed by atoms with van der Waals surface area (Å²) >= 11 is 0. The Hall–Kier alpha value is -0.0400. The van der Waals surface area contributed by atoms with Crippen molar-refractivity contribution in [2.45, 2.75) is 58.9 Å².